The molecule has 0 saturated carbocycles. The van der Waals surface area contributed by atoms with Gasteiger partial charge in [0.2, 0.25) is 0 Å². The molecule has 5 heteroatoms. The Kier molecular flexibility index (Phi) is 32.1. The molecule has 0 saturated heterocycles. The van der Waals surface area contributed by atoms with Crippen molar-refractivity contribution >= 4 is 11.9 Å². The normalized spacial score (nSPS) is 12.5. The van der Waals surface area contributed by atoms with E-state index < -0.39 is 6.10 Å². The first-order valence-corrected chi connectivity index (χ1v) is 17.5. The Morgan fingerprint density at radius 3 is 1.38 bits per heavy atom. The van der Waals surface area contributed by atoms with Crippen LogP contribution in [-0.4, -0.2) is 36.4 Å². The summed E-state index contributed by atoms with van der Waals surface area (Å²) in [4.78, 5) is 23.8. The van der Waals surface area contributed by atoms with E-state index in [1.807, 2.05) is 0 Å². The zero-order chi connectivity index (χ0) is 30.8. The smallest absolute Gasteiger partial charge is 0.305 e. The fourth-order valence-corrected chi connectivity index (χ4v) is 4.65. The monoisotopic (exact) mass is 590 g/mol. The van der Waals surface area contributed by atoms with Crippen LogP contribution in [0.15, 0.2) is 36.5 Å². The highest BCUT2D eigenvalue weighted by Gasteiger charge is 2.11. The van der Waals surface area contributed by atoms with Gasteiger partial charge in [-0.25, -0.2) is 0 Å². The lowest BCUT2D eigenvalue weighted by molar-refractivity contribution is -0.152. The van der Waals surface area contributed by atoms with Crippen LogP contribution in [0.4, 0.5) is 0 Å². The van der Waals surface area contributed by atoms with Crippen molar-refractivity contribution in [2.24, 2.45) is 0 Å². The van der Waals surface area contributed by atoms with Gasteiger partial charge in [0.1, 0.15) is 19.3 Å². The van der Waals surface area contributed by atoms with Gasteiger partial charge >= 0.3 is 11.9 Å². The first-order valence-electron chi connectivity index (χ1n) is 17.5. The topological polar surface area (TPSA) is 72.8 Å². The Morgan fingerprint density at radius 2 is 0.857 bits per heavy atom. The fourth-order valence-electron chi connectivity index (χ4n) is 4.65. The van der Waals surface area contributed by atoms with Gasteiger partial charge in [0.05, 0.1) is 0 Å². The Bertz CT molecular complexity index is 682. The molecule has 0 rings (SSSR count). The number of carbonyl (C=O) groups excluding carboxylic acids is 2. The van der Waals surface area contributed by atoms with Crippen LogP contribution in [0.1, 0.15) is 168 Å². The van der Waals surface area contributed by atoms with Crippen LogP contribution in [-0.2, 0) is 19.1 Å². The molecule has 1 atom stereocenters. The number of allylic oxidation sites excluding steroid dienone is 6. The van der Waals surface area contributed by atoms with Crippen molar-refractivity contribution in [3.63, 3.8) is 0 Å². The van der Waals surface area contributed by atoms with Gasteiger partial charge in [-0.15, -0.1) is 0 Å². The van der Waals surface area contributed by atoms with Gasteiger partial charge in [-0.1, -0.05) is 127 Å². The molecule has 0 aromatic heterocycles. The SMILES string of the molecule is CCCCC/C=C\C/C=C\CCCCCCCCCC(=O)OC[C@H](O)COC(=O)CCC/C=C\CCCCCCCC. The van der Waals surface area contributed by atoms with Crippen molar-refractivity contribution in [1.29, 1.82) is 0 Å². The standard InChI is InChI=1S/C37H66O5/c1-3-5-7-9-11-13-15-16-17-18-19-20-22-24-26-28-30-32-37(40)42-34-35(38)33-41-36(39)31-29-27-25-23-21-14-12-10-8-6-4-2/h11,13,16-17,23,25,35,38H,3-10,12,14-15,18-22,24,26-34H2,1-2H3/b13-11-,17-16-,25-23-/t35-/m1/s1. The maximum absolute atomic E-state index is 11.9. The Morgan fingerprint density at radius 1 is 0.500 bits per heavy atom. The maximum Gasteiger partial charge on any atom is 0.305 e. The van der Waals surface area contributed by atoms with E-state index in [1.165, 1.54) is 89.9 Å². The second kappa shape index (κ2) is 33.6. The summed E-state index contributed by atoms with van der Waals surface area (Å²) in [5, 5.41) is 9.95. The highest BCUT2D eigenvalue weighted by atomic mass is 16.6. The molecule has 0 aromatic rings. The molecule has 0 bridgehead atoms. The molecule has 42 heavy (non-hydrogen) atoms. The number of hydrogen-bond acceptors (Lipinski definition) is 5. The second-order valence-electron chi connectivity index (χ2n) is 11.6. The molecule has 0 spiro atoms. The molecule has 0 amide bonds. The summed E-state index contributed by atoms with van der Waals surface area (Å²) in [7, 11) is 0. The van der Waals surface area contributed by atoms with E-state index in [4.69, 9.17) is 9.47 Å². The Hall–Kier alpha value is -1.88. The predicted octanol–water partition coefficient (Wildman–Crippen LogP) is 10.5. The van der Waals surface area contributed by atoms with Crippen LogP contribution >= 0.6 is 0 Å². The summed E-state index contributed by atoms with van der Waals surface area (Å²) in [5.41, 5.74) is 0. The number of carbonyl (C=O) groups is 2. The number of hydrogen-bond donors (Lipinski definition) is 1. The van der Waals surface area contributed by atoms with Crippen LogP contribution in [0.25, 0.3) is 0 Å². The van der Waals surface area contributed by atoms with Crippen LogP contribution in [0.2, 0.25) is 0 Å². The number of unbranched alkanes of at least 4 members (excludes halogenated alkanes) is 17. The van der Waals surface area contributed by atoms with Crippen LogP contribution in [0, 0.1) is 0 Å². The van der Waals surface area contributed by atoms with Gasteiger partial charge in [0, 0.05) is 12.8 Å². The van der Waals surface area contributed by atoms with Crippen LogP contribution in [0.3, 0.4) is 0 Å². The lowest BCUT2D eigenvalue weighted by Gasteiger charge is -2.12. The van der Waals surface area contributed by atoms with E-state index in [0.717, 1.165) is 51.4 Å². The minimum atomic E-state index is -0.975. The Labute approximate surface area is 259 Å². The molecule has 0 fully saturated rings. The number of aliphatic hydroxyl groups excluding tert-OH is 1. The minimum absolute atomic E-state index is 0.128. The summed E-state index contributed by atoms with van der Waals surface area (Å²) in [6.45, 7) is 4.21. The Balaban J connectivity index is 3.49. The molecule has 0 aromatic carbocycles. The third kappa shape index (κ3) is 32.6. The van der Waals surface area contributed by atoms with Gasteiger partial charge in [-0.3, -0.25) is 9.59 Å². The molecule has 0 aliphatic rings. The fraction of sp³-hybridized carbons (Fsp3) is 0.784. The zero-order valence-corrected chi connectivity index (χ0v) is 27.5. The van der Waals surface area contributed by atoms with E-state index in [2.05, 4.69) is 50.3 Å². The van der Waals surface area contributed by atoms with Crippen molar-refractivity contribution in [2.45, 2.75) is 174 Å². The van der Waals surface area contributed by atoms with Crippen molar-refractivity contribution in [3.8, 4) is 0 Å². The molecule has 244 valence electrons. The van der Waals surface area contributed by atoms with E-state index in [0.29, 0.717) is 12.8 Å². The average molecular weight is 591 g/mol. The lowest BCUT2D eigenvalue weighted by atomic mass is 10.1. The average Bonchev–Trinajstić information content (AvgIpc) is 2.99. The third-order valence-corrected chi connectivity index (χ3v) is 7.35. The highest BCUT2D eigenvalue weighted by molar-refractivity contribution is 5.69. The van der Waals surface area contributed by atoms with Gasteiger partial charge in [0.15, 0.2) is 0 Å². The van der Waals surface area contributed by atoms with Gasteiger partial charge in [-0.2, -0.15) is 0 Å². The third-order valence-electron chi connectivity index (χ3n) is 7.35. The second-order valence-corrected chi connectivity index (χ2v) is 11.6. The molecule has 0 aliphatic heterocycles. The van der Waals surface area contributed by atoms with Gasteiger partial charge in [-0.05, 0) is 64.2 Å². The molecule has 0 radical (unpaired) electrons. The van der Waals surface area contributed by atoms with Crippen molar-refractivity contribution < 1.29 is 24.2 Å². The zero-order valence-electron chi connectivity index (χ0n) is 27.5. The molecule has 5 nitrogen and oxygen atoms in total. The first-order chi connectivity index (χ1) is 20.6. The molecule has 0 heterocycles. The number of aliphatic hydroxyl groups is 1. The number of esters is 2. The van der Waals surface area contributed by atoms with E-state index in [-0.39, 0.29) is 25.2 Å². The quantitative estimate of drug-likeness (QED) is 0.0494. The number of rotatable bonds is 31. The molecular formula is C37H66O5. The van der Waals surface area contributed by atoms with Crippen molar-refractivity contribution in [1.82, 2.24) is 0 Å². The van der Waals surface area contributed by atoms with E-state index in [9.17, 15) is 14.7 Å². The highest BCUT2D eigenvalue weighted by Crippen LogP contribution is 2.11. The predicted molar refractivity (Wildman–Crippen MR) is 178 cm³/mol. The lowest BCUT2D eigenvalue weighted by Crippen LogP contribution is -2.25. The van der Waals surface area contributed by atoms with Crippen LogP contribution < -0.4 is 0 Å². The first kappa shape index (κ1) is 40.1. The number of ether oxygens (including phenoxy) is 2. The summed E-state index contributed by atoms with van der Waals surface area (Å²) >= 11 is 0. The molecule has 0 aliphatic carbocycles. The van der Waals surface area contributed by atoms with Crippen molar-refractivity contribution in [3.05, 3.63) is 36.5 Å². The van der Waals surface area contributed by atoms with Gasteiger partial charge < -0.3 is 14.6 Å². The largest absolute Gasteiger partial charge is 0.463 e. The summed E-state index contributed by atoms with van der Waals surface area (Å²) in [6.07, 6.45) is 39.1. The summed E-state index contributed by atoms with van der Waals surface area (Å²) in [6, 6.07) is 0. The summed E-state index contributed by atoms with van der Waals surface area (Å²) < 4.78 is 10.3. The van der Waals surface area contributed by atoms with Crippen LogP contribution in [0.5, 0.6) is 0 Å². The summed E-state index contributed by atoms with van der Waals surface area (Å²) in [5.74, 6) is -0.613. The van der Waals surface area contributed by atoms with E-state index in [1.54, 1.807) is 0 Å². The maximum atomic E-state index is 11.9. The molecular weight excluding hydrogens is 524 g/mol. The van der Waals surface area contributed by atoms with Crippen molar-refractivity contribution in [2.75, 3.05) is 13.2 Å². The molecule has 0 unspecified atom stereocenters. The van der Waals surface area contributed by atoms with Gasteiger partial charge in [0.25, 0.3) is 0 Å². The molecule has 1 N–H and O–H groups in total. The minimum Gasteiger partial charge on any atom is -0.463 e. The van der Waals surface area contributed by atoms with E-state index >= 15 is 0 Å².